The molecular formula is C16H11ClF3N3O5. The van der Waals surface area contributed by atoms with Gasteiger partial charge in [0.2, 0.25) is 5.69 Å². The number of benzene rings is 2. The Morgan fingerprint density at radius 3 is 2.32 bits per heavy atom. The SMILES string of the molecule is O=C(O)C(F)(F)F.O=C(O)c1[nH]nnc1OCc1ccc2cc(Cl)ccc2c1. The predicted molar refractivity (Wildman–Crippen MR) is 90.3 cm³/mol. The molecule has 0 aliphatic carbocycles. The van der Waals surface area contributed by atoms with Crippen LogP contribution in [0.1, 0.15) is 16.1 Å². The molecule has 148 valence electrons. The van der Waals surface area contributed by atoms with E-state index in [1.54, 1.807) is 0 Å². The number of nitrogens with zero attached hydrogens (tertiary/aromatic N) is 2. The summed E-state index contributed by atoms with van der Waals surface area (Å²) in [6, 6.07) is 11.4. The highest BCUT2D eigenvalue weighted by Gasteiger charge is 2.38. The minimum atomic E-state index is -5.08. The first kappa shape index (κ1) is 21.0. The molecule has 0 spiro atoms. The van der Waals surface area contributed by atoms with Gasteiger partial charge >= 0.3 is 18.1 Å². The average molecular weight is 418 g/mol. The number of H-pyrrole nitrogens is 1. The van der Waals surface area contributed by atoms with Crippen molar-refractivity contribution >= 4 is 34.3 Å². The van der Waals surface area contributed by atoms with Crippen molar-refractivity contribution in [1.82, 2.24) is 15.4 Å². The number of halogens is 4. The zero-order valence-corrected chi connectivity index (χ0v) is 14.5. The van der Waals surface area contributed by atoms with E-state index in [1.165, 1.54) is 0 Å². The summed E-state index contributed by atoms with van der Waals surface area (Å²) < 4.78 is 37.1. The molecule has 1 heterocycles. The second-order valence-electron chi connectivity index (χ2n) is 5.21. The number of carboxylic acids is 2. The lowest BCUT2D eigenvalue weighted by Crippen LogP contribution is -2.21. The summed E-state index contributed by atoms with van der Waals surface area (Å²) >= 11 is 5.94. The summed E-state index contributed by atoms with van der Waals surface area (Å²) in [5.74, 6) is -3.95. The minimum absolute atomic E-state index is 0.0290. The van der Waals surface area contributed by atoms with Crippen molar-refractivity contribution < 1.29 is 37.7 Å². The van der Waals surface area contributed by atoms with Crippen molar-refractivity contribution in [2.75, 3.05) is 0 Å². The summed E-state index contributed by atoms with van der Waals surface area (Å²) in [7, 11) is 0. The van der Waals surface area contributed by atoms with Crippen LogP contribution in [0.5, 0.6) is 5.88 Å². The first-order valence-electron chi connectivity index (χ1n) is 7.33. The van der Waals surface area contributed by atoms with Crippen LogP contribution in [0.3, 0.4) is 0 Å². The number of carboxylic acid groups (broad SMARTS) is 2. The van der Waals surface area contributed by atoms with Gasteiger partial charge in [-0.3, -0.25) is 0 Å². The first-order chi connectivity index (χ1) is 13.1. The van der Waals surface area contributed by atoms with Crippen molar-refractivity contribution in [1.29, 1.82) is 0 Å². The zero-order valence-electron chi connectivity index (χ0n) is 13.7. The van der Waals surface area contributed by atoms with Gasteiger partial charge in [-0.25, -0.2) is 14.7 Å². The Morgan fingerprint density at radius 1 is 1.11 bits per heavy atom. The van der Waals surface area contributed by atoms with Crippen LogP contribution in [0.25, 0.3) is 10.8 Å². The number of aromatic amines is 1. The maximum atomic E-state index is 10.9. The monoisotopic (exact) mass is 417 g/mol. The van der Waals surface area contributed by atoms with Crippen LogP contribution in [0.15, 0.2) is 36.4 Å². The average Bonchev–Trinajstić information content (AvgIpc) is 3.08. The number of hydrogen-bond donors (Lipinski definition) is 3. The number of hydrogen-bond acceptors (Lipinski definition) is 5. The fourth-order valence-electron chi connectivity index (χ4n) is 1.97. The number of aromatic nitrogens is 3. The van der Waals surface area contributed by atoms with Crippen molar-refractivity contribution in [3.8, 4) is 5.88 Å². The van der Waals surface area contributed by atoms with Gasteiger partial charge in [-0.05, 0) is 34.5 Å². The molecule has 8 nitrogen and oxygen atoms in total. The summed E-state index contributed by atoms with van der Waals surface area (Å²) in [5, 5.41) is 28.1. The number of nitrogens with one attached hydrogen (secondary N) is 1. The van der Waals surface area contributed by atoms with Crippen LogP contribution >= 0.6 is 11.6 Å². The Labute approximate surface area is 159 Å². The van der Waals surface area contributed by atoms with Gasteiger partial charge in [0, 0.05) is 5.02 Å². The van der Waals surface area contributed by atoms with Gasteiger partial charge in [0.15, 0.2) is 0 Å². The van der Waals surface area contributed by atoms with E-state index >= 15 is 0 Å². The van der Waals surface area contributed by atoms with Crippen LogP contribution in [0.2, 0.25) is 5.02 Å². The lowest BCUT2D eigenvalue weighted by molar-refractivity contribution is -0.192. The van der Waals surface area contributed by atoms with E-state index in [0.717, 1.165) is 16.3 Å². The van der Waals surface area contributed by atoms with Crippen molar-refractivity contribution in [3.63, 3.8) is 0 Å². The Morgan fingerprint density at radius 2 is 1.71 bits per heavy atom. The molecule has 0 atom stereocenters. The van der Waals surface area contributed by atoms with E-state index in [-0.39, 0.29) is 18.2 Å². The maximum Gasteiger partial charge on any atom is 0.490 e. The maximum absolute atomic E-state index is 10.9. The molecule has 0 aliphatic heterocycles. The number of rotatable bonds is 4. The minimum Gasteiger partial charge on any atom is -0.476 e. The van der Waals surface area contributed by atoms with Crippen molar-refractivity contribution in [2.24, 2.45) is 0 Å². The molecule has 0 unspecified atom stereocenters. The zero-order chi connectivity index (χ0) is 20.9. The fourth-order valence-corrected chi connectivity index (χ4v) is 2.15. The summed E-state index contributed by atoms with van der Waals surface area (Å²) in [6.45, 7) is 0.200. The number of aromatic carboxylic acids is 1. The smallest absolute Gasteiger partial charge is 0.476 e. The molecule has 3 aromatic rings. The number of ether oxygens (including phenoxy) is 1. The second kappa shape index (κ2) is 8.57. The lowest BCUT2D eigenvalue weighted by Gasteiger charge is -2.05. The van der Waals surface area contributed by atoms with E-state index in [0.29, 0.717) is 5.02 Å². The second-order valence-corrected chi connectivity index (χ2v) is 5.65. The van der Waals surface area contributed by atoms with E-state index in [4.69, 9.17) is 31.3 Å². The van der Waals surface area contributed by atoms with Crippen molar-refractivity contribution in [3.05, 3.63) is 52.7 Å². The molecule has 2 aromatic carbocycles. The van der Waals surface area contributed by atoms with Crippen LogP contribution in [-0.2, 0) is 11.4 Å². The molecule has 0 radical (unpaired) electrons. The molecule has 12 heteroatoms. The molecule has 3 rings (SSSR count). The third kappa shape index (κ3) is 5.58. The molecule has 3 N–H and O–H groups in total. The van der Waals surface area contributed by atoms with Crippen LogP contribution < -0.4 is 4.74 Å². The highest BCUT2D eigenvalue weighted by molar-refractivity contribution is 6.31. The van der Waals surface area contributed by atoms with Gasteiger partial charge in [-0.15, -0.1) is 0 Å². The van der Waals surface area contributed by atoms with Crippen molar-refractivity contribution in [2.45, 2.75) is 12.8 Å². The number of fused-ring (bicyclic) bond motifs is 1. The molecule has 28 heavy (non-hydrogen) atoms. The van der Waals surface area contributed by atoms with Crippen LogP contribution in [-0.4, -0.2) is 43.7 Å². The summed E-state index contributed by atoms with van der Waals surface area (Å²) in [5.41, 5.74) is 0.728. The van der Waals surface area contributed by atoms with E-state index in [9.17, 15) is 18.0 Å². The van der Waals surface area contributed by atoms with Crippen LogP contribution in [0, 0.1) is 0 Å². The Bertz CT molecular complexity index is 1010. The third-order valence-corrected chi connectivity index (χ3v) is 3.45. The molecule has 0 aliphatic rings. The van der Waals surface area contributed by atoms with E-state index < -0.39 is 18.1 Å². The first-order valence-corrected chi connectivity index (χ1v) is 7.71. The van der Waals surface area contributed by atoms with Gasteiger partial charge < -0.3 is 14.9 Å². The molecular weight excluding hydrogens is 407 g/mol. The van der Waals surface area contributed by atoms with Gasteiger partial charge in [0.1, 0.15) is 6.61 Å². The topological polar surface area (TPSA) is 125 Å². The summed E-state index contributed by atoms with van der Waals surface area (Å²) in [6.07, 6.45) is -5.08. The molecule has 0 saturated carbocycles. The van der Waals surface area contributed by atoms with Gasteiger partial charge in [-0.1, -0.05) is 40.1 Å². The van der Waals surface area contributed by atoms with E-state index in [2.05, 4.69) is 15.4 Å². The predicted octanol–water partition coefficient (Wildman–Crippen LogP) is 3.52. The third-order valence-electron chi connectivity index (χ3n) is 3.22. The van der Waals surface area contributed by atoms with Gasteiger partial charge in [-0.2, -0.15) is 13.2 Å². The molecule has 0 saturated heterocycles. The van der Waals surface area contributed by atoms with Gasteiger partial charge in [0.25, 0.3) is 5.88 Å². The highest BCUT2D eigenvalue weighted by atomic mass is 35.5. The number of carbonyl (C=O) groups is 2. The number of aliphatic carboxylic acids is 1. The molecule has 1 aromatic heterocycles. The summed E-state index contributed by atoms with van der Waals surface area (Å²) in [4.78, 5) is 19.8. The standard InChI is InChI=1S/C14H10ClN3O3.C2HF3O2/c15-11-4-3-9-5-8(1-2-10(9)6-11)7-21-13-12(14(19)20)16-18-17-13;3-2(4,5)1(6)7/h1-6H,7H2,(H,19,20)(H,16,17,18);(H,6,7). The van der Waals surface area contributed by atoms with Crippen LogP contribution in [0.4, 0.5) is 13.2 Å². The Balaban J connectivity index is 0.000000345. The fraction of sp³-hybridized carbons (Fsp3) is 0.125. The quantitative estimate of drug-likeness (QED) is 0.593. The molecule has 0 amide bonds. The molecule has 0 fully saturated rings. The Kier molecular flexibility index (Phi) is 6.41. The molecule has 0 bridgehead atoms. The Hall–Kier alpha value is -3.34. The number of alkyl halides is 3. The lowest BCUT2D eigenvalue weighted by atomic mass is 10.1. The largest absolute Gasteiger partial charge is 0.490 e. The van der Waals surface area contributed by atoms with Gasteiger partial charge in [0.05, 0.1) is 0 Å². The normalized spacial score (nSPS) is 10.9. The van der Waals surface area contributed by atoms with E-state index in [1.807, 2.05) is 36.4 Å². The highest BCUT2D eigenvalue weighted by Crippen LogP contribution is 2.21.